The molecule has 1 amide bonds. The van der Waals surface area contributed by atoms with Crippen LogP contribution in [0.3, 0.4) is 0 Å². The average Bonchev–Trinajstić information content (AvgIpc) is 2.40. The molecule has 0 aliphatic heterocycles. The van der Waals surface area contributed by atoms with Crippen LogP contribution in [0.2, 0.25) is 5.15 Å². The van der Waals surface area contributed by atoms with Crippen molar-refractivity contribution in [2.45, 2.75) is 6.18 Å². The molecule has 2 aromatic rings. The third-order valence-corrected chi connectivity index (χ3v) is 3.44. The highest BCUT2D eigenvalue weighted by Crippen LogP contribution is 2.32. The Morgan fingerprint density at radius 3 is 2.52 bits per heavy atom. The number of hydrogen-bond acceptors (Lipinski definition) is 2. The van der Waals surface area contributed by atoms with E-state index in [0.29, 0.717) is 5.69 Å². The summed E-state index contributed by atoms with van der Waals surface area (Å²) in [6, 6.07) is 5.80. The minimum atomic E-state index is -4.52. The number of amides is 1. The number of carbonyl (C=O) groups excluding carboxylic acids is 1. The first-order chi connectivity index (χ1) is 9.77. The largest absolute Gasteiger partial charge is 0.416 e. The summed E-state index contributed by atoms with van der Waals surface area (Å²) in [7, 11) is 0. The number of alkyl halides is 3. The number of halogens is 5. The first-order valence-corrected chi connectivity index (χ1v) is 6.74. The second-order valence-electron chi connectivity index (χ2n) is 4.02. The Kier molecular flexibility index (Phi) is 4.53. The maximum absolute atomic E-state index is 12.7. The second-order valence-corrected chi connectivity index (χ2v) is 5.26. The zero-order chi connectivity index (χ0) is 15.6. The Hall–Kier alpha value is -1.60. The molecule has 110 valence electrons. The fourth-order valence-corrected chi connectivity index (χ4v) is 2.06. The van der Waals surface area contributed by atoms with Crippen molar-refractivity contribution in [2.24, 2.45) is 0 Å². The molecule has 0 spiro atoms. The van der Waals surface area contributed by atoms with Crippen LogP contribution in [-0.2, 0) is 6.18 Å². The lowest BCUT2D eigenvalue weighted by Crippen LogP contribution is -2.14. The summed E-state index contributed by atoms with van der Waals surface area (Å²) in [5, 5.41) is 2.69. The fraction of sp³-hybridized carbons (Fsp3) is 0.0769. The number of rotatable bonds is 2. The molecule has 3 nitrogen and oxygen atoms in total. The Bertz CT molecular complexity index is 674. The van der Waals surface area contributed by atoms with E-state index in [1.54, 1.807) is 0 Å². The number of hydrogen-bond donors (Lipinski definition) is 1. The number of nitrogens with zero attached hydrogens (tertiary/aromatic N) is 1. The molecule has 0 fully saturated rings. The minimum absolute atomic E-state index is 0.125. The van der Waals surface area contributed by atoms with Gasteiger partial charge in [-0.25, -0.2) is 4.98 Å². The molecule has 0 bridgehead atoms. The normalized spacial score (nSPS) is 11.3. The van der Waals surface area contributed by atoms with Gasteiger partial charge in [0.05, 0.1) is 23.0 Å². The van der Waals surface area contributed by atoms with E-state index in [1.807, 2.05) is 0 Å². The molecule has 0 saturated heterocycles. The first-order valence-electron chi connectivity index (χ1n) is 5.57. The number of pyridine rings is 1. The summed E-state index contributed by atoms with van der Waals surface area (Å²) >= 11 is 8.66. The molecular weight excluding hydrogens is 373 g/mol. The van der Waals surface area contributed by atoms with Gasteiger partial charge in [-0.2, -0.15) is 13.2 Å². The molecular formula is C13H7BrClF3N2O. The summed E-state index contributed by atoms with van der Waals surface area (Å²) in [6.07, 6.45) is -3.21. The van der Waals surface area contributed by atoms with Gasteiger partial charge in [-0.3, -0.25) is 4.79 Å². The molecule has 21 heavy (non-hydrogen) atoms. The van der Waals surface area contributed by atoms with E-state index in [1.165, 1.54) is 24.4 Å². The fourth-order valence-electron chi connectivity index (χ4n) is 1.52. The Morgan fingerprint density at radius 2 is 1.95 bits per heavy atom. The highest BCUT2D eigenvalue weighted by Gasteiger charge is 2.31. The van der Waals surface area contributed by atoms with E-state index in [2.05, 4.69) is 26.2 Å². The van der Waals surface area contributed by atoms with Crippen molar-refractivity contribution in [3.8, 4) is 0 Å². The maximum Gasteiger partial charge on any atom is 0.416 e. The topological polar surface area (TPSA) is 42.0 Å². The lowest BCUT2D eigenvalue weighted by atomic mass is 10.1. The molecule has 2 rings (SSSR count). The Balaban J connectivity index is 2.28. The average molecular weight is 380 g/mol. The van der Waals surface area contributed by atoms with Crippen LogP contribution < -0.4 is 5.32 Å². The highest BCUT2D eigenvalue weighted by atomic mass is 79.9. The molecule has 0 aliphatic rings. The summed E-state index contributed by atoms with van der Waals surface area (Å²) < 4.78 is 38.2. The van der Waals surface area contributed by atoms with Crippen molar-refractivity contribution in [3.63, 3.8) is 0 Å². The number of anilines is 1. The van der Waals surface area contributed by atoms with Crippen LogP contribution in [-0.4, -0.2) is 10.9 Å². The van der Waals surface area contributed by atoms with Crippen LogP contribution in [0.1, 0.15) is 15.9 Å². The zero-order valence-corrected chi connectivity index (χ0v) is 12.6. The molecule has 0 atom stereocenters. The smallest absolute Gasteiger partial charge is 0.321 e. The first kappa shape index (κ1) is 15.8. The van der Waals surface area contributed by atoms with Gasteiger partial charge >= 0.3 is 6.18 Å². The monoisotopic (exact) mass is 378 g/mol. The predicted octanol–water partition coefficient (Wildman–Crippen LogP) is 4.77. The van der Waals surface area contributed by atoms with Crippen LogP contribution in [0.4, 0.5) is 18.9 Å². The van der Waals surface area contributed by atoms with Gasteiger partial charge < -0.3 is 5.32 Å². The molecule has 1 heterocycles. The van der Waals surface area contributed by atoms with Crippen LogP contribution in [0.25, 0.3) is 0 Å². The number of aromatic nitrogens is 1. The van der Waals surface area contributed by atoms with Crippen LogP contribution in [0.15, 0.2) is 41.0 Å². The van der Waals surface area contributed by atoms with Crippen LogP contribution in [0.5, 0.6) is 0 Å². The zero-order valence-electron chi connectivity index (χ0n) is 10.2. The van der Waals surface area contributed by atoms with Crippen molar-refractivity contribution in [1.29, 1.82) is 0 Å². The van der Waals surface area contributed by atoms with Gasteiger partial charge in [0.1, 0.15) is 5.15 Å². The van der Waals surface area contributed by atoms with E-state index in [4.69, 9.17) is 11.6 Å². The lowest BCUT2D eigenvalue weighted by Gasteiger charge is -2.11. The number of nitrogens with one attached hydrogen (secondary N) is 1. The number of carbonyl (C=O) groups is 1. The molecule has 8 heteroatoms. The number of benzene rings is 1. The molecule has 0 radical (unpaired) electrons. The molecule has 1 aromatic carbocycles. The third-order valence-electron chi connectivity index (χ3n) is 2.52. The second kappa shape index (κ2) is 6.03. The van der Waals surface area contributed by atoms with Gasteiger partial charge in [0, 0.05) is 4.47 Å². The van der Waals surface area contributed by atoms with Crippen LogP contribution >= 0.6 is 27.5 Å². The van der Waals surface area contributed by atoms with Gasteiger partial charge in [0.25, 0.3) is 5.91 Å². The van der Waals surface area contributed by atoms with Gasteiger partial charge in [-0.15, -0.1) is 0 Å². The van der Waals surface area contributed by atoms with Gasteiger partial charge in [-0.1, -0.05) is 11.6 Å². The van der Waals surface area contributed by atoms with Gasteiger partial charge in [0.15, 0.2) is 0 Å². The predicted molar refractivity (Wildman–Crippen MR) is 76.3 cm³/mol. The minimum Gasteiger partial charge on any atom is -0.321 e. The Labute approximate surface area is 131 Å². The van der Waals surface area contributed by atoms with Crippen molar-refractivity contribution in [2.75, 3.05) is 5.32 Å². The molecule has 0 aliphatic carbocycles. The van der Waals surface area contributed by atoms with Crippen molar-refractivity contribution in [1.82, 2.24) is 4.98 Å². The SMILES string of the molecule is O=C(Nc1ccc(Cl)nc1)c1cc(C(F)(F)F)ccc1Br. The van der Waals surface area contributed by atoms with E-state index < -0.39 is 17.6 Å². The van der Waals surface area contributed by atoms with E-state index in [9.17, 15) is 18.0 Å². The quantitative estimate of drug-likeness (QED) is 0.764. The van der Waals surface area contributed by atoms with Crippen molar-refractivity contribution < 1.29 is 18.0 Å². The Morgan fingerprint density at radius 1 is 1.24 bits per heavy atom. The molecule has 1 N–H and O–H groups in total. The molecule has 1 aromatic heterocycles. The summed E-state index contributed by atoms with van der Waals surface area (Å²) in [6.45, 7) is 0. The standard InChI is InChI=1S/C13H7BrClF3N2O/c14-10-3-1-7(13(16,17)18)5-9(10)12(21)20-8-2-4-11(15)19-6-8/h1-6H,(H,20,21). The lowest BCUT2D eigenvalue weighted by molar-refractivity contribution is -0.137. The summed E-state index contributed by atoms with van der Waals surface area (Å²) in [5.74, 6) is -0.683. The maximum atomic E-state index is 12.7. The van der Waals surface area contributed by atoms with Gasteiger partial charge in [0.2, 0.25) is 0 Å². The highest BCUT2D eigenvalue weighted by molar-refractivity contribution is 9.10. The third kappa shape index (κ3) is 3.95. The van der Waals surface area contributed by atoms with Crippen molar-refractivity contribution in [3.05, 3.63) is 57.3 Å². The van der Waals surface area contributed by atoms with Crippen LogP contribution in [0, 0.1) is 0 Å². The summed E-state index contributed by atoms with van der Waals surface area (Å²) in [4.78, 5) is 15.8. The van der Waals surface area contributed by atoms with E-state index in [-0.39, 0.29) is 15.2 Å². The van der Waals surface area contributed by atoms with Gasteiger partial charge in [-0.05, 0) is 46.3 Å². The van der Waals surface area contributed by atoms with Crippen molar-refractivity contribution >= 4 is 39.1 Å². The van der Waals surface area contributed by atoms with E-state index >= 15 is 0 Å². The summed E-state index contributed by atoms with van der Waals surface area (Å²) in [5.41, 5.74) is -0.696. The molecule has 0 unspecified atom stereocenters. The molecule has 0 saturated carbocycles. The van der Waals surface area contributed by atoms with E-state index in [0.717, 1.165) is 12.1 Å².